The first-order chi connectivity index (χ1) is 32.6. The topological polar surface area (TPSA) is 94.1 Å². The maximum atomic E-state index is 12.8. The zero-order chi connectivity index (χ0) is 49.0. The zero-order valence-electron chi connectivity index (χ0n) is 43.8. The van der Waals surface area contributed by atoms with Gasteiger partial charge in [0.25, 0.3) is 7.82 Å². The van der Waals surface area contributed by atoms with Crippen molar-refractivity contribution in [3.63, 3.8) is 0 Å². The zero-order valence-corrected chi connectivity index (χ0v) is 44.7. The van der Waals surface area contributed by atoms with E-state index in [1.165, 1.54) is 109 Å². The van der Waals surface area contributed by atoms with E-state index in [1.54, 1.807) is 0 Å². The SMILES string of the molecule is CC/C=C\C/C=C\C/C=C\C/C=C\C/C=C\C/C=C\CCCCC(=O)OC(COCCCCCCCCCCCCCC/C=C\C/C=C\CCCCCCC)COP(=O)([O-])OCC[N+](C)(C)C. The summed E-state index contributed by atoms with van der Waals surface area (Å²) >= 11 is 0. The molecule has 8 nitrogen and oxygen atoms in total. The largest absolute Gasteiger partial charge is 0.756 e. The van der Waals surface area contributed by atoms with Gasteiger partial charge in [-0.15, -0.1) is 0 Å². The molecule has 0 radical (unpaired) electrons. The van der Waals surface area contributed by atoms with Gasteiger partial charge in [0.1, 0.15) is 19.3 Å². The van der Waals surface area contributed by atoms with Gasteiger partial charge in [-0.05, 0) is 96.3 Å². The van der Waals surface area contributed by atoms with E-state index in [0.717, 1.165) is 70.6 Å². The van der Waals surface area contributed by atoms with Crippen LogP contribution in [0.15, 0.2) is 97.2 Å². The van der Waals surface area contributed by atoms with Crippen LogP contribution >= 0.6 is 7.82 Å². The average molecular weight is 956 g/mol. The number of esters is 1. The molecule has 2 atom stereocenters. The number of hydrogen-bond acceptors (Lipinski definition) is 7. The molecule has 0 aliphatic carbocycles. The minimum atomic E-state index is -4.55. The van der Waals surface area contributed by atoms with Crippen molar-refractivity contribution in [2.45, 2.75) is 213 Å². The lowest BCUT2D eigenvalue weighted by molar-refractivity contribution is -0.870. The second kappa shape index (κ2) is 49.8. The highest BCUT2D eigenvalue weighted by atomic mass is 31.2. The number of carbonyl (C=O) groups excluding carboxylic acids is 1. The quantitative estimate of drug-likeness (QED) is 0.0197. The molecular weight excluding hydrogens is 854 g/mol. The third-order valence-corrected chi connectivity index (χ3v) is 12.1. The summed E-state index contributed by atoms with van der Waals surface area (Å²) in [7, 11) is 1.31. The van der Waals surface area contributed by atoms with E-state index in [1.807, 2.05) is 21.1 Å². The van der Waals surface area contributed by atoms with E-state index in [-0.39, 0.29) is 32.2 Å². The van der Waals surface area contributed by atoms with Crippen LogP contribution in [0.2, 0.25) is 0 Å². The molecule has 0 aromatic carbocycles. The molecule has 0 spiro atoms. The molecule has 0 aromatic rings. The monoisotopic (exact) mass is 956 g/mol. The van der Waals surface area contributed by atoms with Gasteiger partial charge in [-0.3, -0.25) is 9.36 Å². The number of hydrogen-bond donors (Lipinski definition) is 0. The molecule has 0 amide bonds. The second-order valence-corrected chi connectivity index (χ2v) is 20.3. The lowest BCUT2D eigenvalue weighted by Crippen LogP contribution is -2.37. The number of rotatable bonds is 49. The van der Waals surface area contributed by atoms with Crippen LogP contribution < -0.4 is 4.89 Å². The fraction of sp³-hybridized carbons (Fsp3) is 0.707. The number of phosphoric acid groups is 1. The molecule has 0 aliphatic rings. The molecule has 0 aromatic heterocycles. The van der Waals surface area contributed by atoms with Gasteiger partial charge in [-0.1, -0.05) is 201 Å². The van der Waals surface area contributed by atoms with Crippen molar-refractivity contribution in [3.8, 4) is 0 Å². The fourth-order valence-corrected chi connectivity index (χ4v) is 7.72. The molecule has 0 bridgehead atoms. The Kier molecular flexibility index (Phi) is 47.9. The van der Waals surface area contributed by atoms with Crippen LogP contribution in [0.4, 0.5) is 0 Å². The summed E-state index contributed by atoms with van der Waals surface area (Å²) in [6.07, 6.45) is 68.7. The first-order valence-corrected chi connectivity index (χ1v) is 28.4. The molecule has 386 valence electrons. The van der Waals surface area contributed by atoms with Gasteiger partial charge in [0, 0.05) is 13.0 Å². The molecule has 0 N–H and O–H groups in total. The summed E-state index contributed by atoms with van der Waals surface area (Å²) < 4.78 is 34.7. The maximum Gasteiger partial charge on any atom is 0.306 e. The van der Waals surface area contributed by atoms with E-state index in [9.17, 15) is 14.3 Å². The van der Waals surface area contributed by atoms with Crippen LogP contribution in [0.1, 0.15) is 206 Å². The predicted octanol–water partition coefficient (Wildman–Crippen LogP) is 16.3. The van der Waals surface area contributed by atoms with Crippen molar-refractivity contribution in [2.24, 2.45) is 0 Å². The Hall–Kier alpha value is -2.58. The molecule has 0 rings (SSSR count). The number of quaternary nitrogens is 1. The molecule has 0 aliphatic heterocycles. The normalized spacial score (nSPS) is 14.3. The Morgan fingerprint density at radius 2 is 0.866 bits per heavy atom. The number of carbonyl (C=O) groups is 1. The first-order valence-electron chi connectivity index (χ1n) is 27.0. The smallest absolute Gasteiger partial charge is 0.306 e. The van der Waals surface area contributed by atoms with Crippen LogP contribution in [0.3, 0.4) is 0 Å². The van der Waals surface area contributed by atoms with Crippen molar-refractivity contribution in [2.75, 3.05) is 54.1 Å². The number of ether oxygens (including phenoxy) is 2. The van der Waals surface area contributed by atoms with E-state index in [4.69, 9.17) is 18.5 Å². The third-order valence-electron chi connectivity index (χ3n) is 11.1. The number of allylic oxidation sites excluding steroid dienone is 16. The summed E-state index contributed by atoms with van der Waals surface area (Å²) in [5.41, 5.74) is 0. The Morgan fingerprint density at radius 1 is 0.478 bits per heavy atom. The molecule has 67 heavy (non-hydrogen) atoms. The van der Waals surface area contributed by atoms with Crippen LogP contribution in [-0.4, -0.2) is 70.7 Å². The second-order valence-electron chi connectivity index (χ2n) is 18.9. The average Bonchev–Trinajstić information content (AvgIpc) is 3.29. The maximum absolute atomic E-state index is 12.8. The fourth-order valence-electron chi connectivity index (χ4n) is 6.99. The van der Waals surface area contributed by atoms with Crippen molar-refractivity contribution < 1.29 is 37.3 Å². The lowest BCUT2D eigenvalue weighted by Gasteiger charge is -2.28. The standard InChI is InChI=1S/C58H102NO7P/c1-6-8-10-12-14-16-18-20-22-24-26-28-29-30-32-34-36-38-40-42-44-46-48-50-53-63-55-57(56-65-67(61,62)64-54-52-59(3,4)5)66-58(60)51-49-47-45-43-41-39-37-35-33-31-27-25-23-21-19-17-15-13-11-9-7-2/h9,11,15,17-18,20-21,23-24,26-27,31,35,37,41,43,57H,6-8,10,12-14,16,19,22,25,28-30,32-34,36,38-40,42,44-56H2,1-5H3/b11-9-,17-15-,20-18-,23-21-,26-24-,31-27-,37-35-,43-41-. The van der Waals surface area contributed by atoms with Gasteiger partial charge in [0.05, 0.1) is 34.4 Å². The first kappa shape index (κ1) is 64.4. The molecule has 9 heteroatoms. The molecule has 0 saturated carbocycles. The van der Waals surface area contributed by atoms with Crippen LogP contribution in [0, 0.1) is 0 Å². The highest BCUT2D eigenvalue weighted by Crippen LogP contribution is 2.38. The number of likely N-dealkylation sites (N-methyl/N-ethyl adjacent to an activating group) is 1. The van der Waals surface area contributed by atoms with Gasteiger partial charge in [-0.2, -0.15) is 0 Å². The molecule has 0 heterocycles. The van der Waals surface area contributed by atoms with E-state index in [2.05, 4.69) is 111 Å². The number of nitrogens with zero attached hydrogens (tertiary/aromatic N) is 1. The molecule has 2 unspecified atom stereocenters. The Morgan fingerprint density at radius 3 is 1.30 bits per heavy atom. The summed E-state index contributed by atoms with van der Waals surface area (Å²) in [5.74, 6) is -0.378. The summed E-state index contributed by atoms with van der Waals surface area (Å²) in [4.78, 5) is 25.2. The van der Waals surface area contributed by atoms with Gasteiger partial charge in [0.15, 0.2) is 0 Å². The van der Waals surface area contributed by atoms with Crippen LogP contribution in [0.25, 0.3) is 0 Å². The van der Waals surface area contributed by atoms with Gasteiger partial charge in [-0.25, -0.2) is 0 Å². The van der Waals surface area contributed by atoms with E-state index >= 15 is 0 Å². The van der Waals surface area contributed by atoms with Gasteiger partial charge < -0.3 is 27.9 Å². The van der Waals surface area contributed by atoms with Crippen molar-refractivity contribution >= 4 is 13.8 Å². The Labute approximate surface area is 413 Å². The summed E-state index contributed by atoms with van der Waals surface area (Å²) in [6, 6.07) is 0. The van der Waals surface area contributed by atoms with Crippen molar-refractivity contribution in [3.05, 3.63) is 97.2 Å². The molecule has 0 fully saturated rings. The van der Waals surface area contributed by atoms with E-state index in [0.29, 0.717) is 24.1 Å². The predicted molar refractivity (Wildman–Crippen MR) is 286 cm³/mol. The highest BCUT2D eigenvalue weighted by molar-refractivity contribution is 7.45. The van der Waals surface area contributed by atoms with Crippen LogP contribution in [0.5, 0.6) is 0 Å². The van der Waals surface area contributed by atoms with Crippen molar-refractivity contribution in [1.82, 2.24) is 0 Å². The van der Waals surface area contributed by atoms with Crippen molar-refractivity contribution in [1.29, 1.82) is 0 Å². The highest BCUT2D eigenvalue weighted by Gasteiger charge is 2.20. The summed E-state index contributed by atoms with van der Waals surface area (Å²) in [6.45, 7) is 5.22. The minimum absolute atomic E-state index is 0.0122. The minimum Gasteiger partial charge on any atom is -0.756 e. The van der Waals surface area contributed by atoms with Gasteiger partial charge in [0.2, 0.25) is 0 Å². The van der Waals surface area contributed by atoms with E-state index < -0.39 is 13.9 Å². The lowest BCUT2D eigenvalue weighted by atomic mass is 10.0. The van der Waals surface area contributed by atoms with Gasteiger partial charge >= 0.3 is 5.97 Å². The number of unbranched alkanes of at least 4 members (excludes halogenated alkanes) is 19. The Balaban J connectivity index is 4.21. The Bertz CT molecular complexity index is 1390. The molecule has 0 saturated heterocycles. The van der Waals surface area contributed by atoms with Crippen LogP contribution in [-0.2, 0) is 27.9 Å². The summed E-state index contributed by atoms with van der Waals surface area (Å²) in [5, 5.41) is 0. The number of phosphoric ester groups is 1. The third kappa shape index (κ3) is 54.2. The molecular formula is C58H102NO7P.